The summed E-state index contributed by atoms with van der Waals surface area (Å²) in [5.74, 6) is 0.714. The van der Waals surface area contributed by atoms with E-state index in [0.29, 0.717) is 22.3 Å². The zero-order valence-electron chi connectivity index (χ0n) is 16.3. The van der Waals surface area contributed by atoms with Crippen molar-refractivity contribution in [1.82, 2.24) is 20.4 Å². The lowest BCUT2D eigenvalue weighted by Crippen LogP contribution is -2.30. The highest BCUT2D eigenvalue weighted by Gasteiger charge is 2.14. The summed E-state index contributed by atoms with van der Waals surface area (Å²) < 4.78 is 6.27. The Morgan fingerprint density at radius 2 is 1.90 bits per heavy atom. The number of carbonyl (C=O) groups excluding carboxylic acids is 1. The summed E-state index contributed by atoms with van der Waals surface area (Å²) in [6.45, 7) is 2.01. The summed E-state index contributed by atoms with van der Waals surface area (Å²) in [5.41, 5.74) is 14.1. The van der Waals surface area contributed by atoms with Crippen molar-refractivity contribution in [2.75, 3.05) is 23.6 Å². The van der Waals surface area contributed by atoms with Gasteiger partial charge in [0, 0.05) is 0 Å². The number of nitrogens with two attached hydrogens (primary N) is 1. The second kappa shape index (κ2) is 8.21. The van der Waals surface area contributed by atoms with Crippen molar-refractivity contribution in [2.24, 2.45) is 0 Å². The first kappa shape index (κ1) is 19.4. The highest BCUT2D eigenvalue weighted by Crippen LogP contribution is 2.32. The van der Waals surface area contributed by atoms with E-state index in [2.05, 4.69) is 31.1 Å². The van der Waals surface area contributed by atoms with E-state index in [-0.39, 0.29) is 17.4 Å². The second-order valence-corrected chi connectivity index (χ2v) is 7.36. The molecule has 0 aliphatic heterocycles. The number of hydrogen-bond donors (Lipinski definition) is 4. The van der Waals surface area contributed by atoms with Gasteiger partial charge in [0.2, 0.25) is 0 Å². The first-order valence-electron chi connectivity index (χ1n) is 9.00. The number of thiazole rings is 1. The molecule has 0 bridgehead atoms. The number of hydrazine groups is 1. The molecule has 5 N–H and O–H groups in total. The zero-order chi connectivity index (χ0) is 21.1. The summed E-state index contributed by atoms with van der Waals surface area (Å²) >= 11 is 1.50. The molecule has 2 aromatic carbocycles. The Bertz CT molecular complexity index is 1220. The van der Waals surface area contributed by atoms with Gasteiger partial charge in [-0.05, 0) is 30.7 Å². The Morgan fingerprint density at radius 3 is 2.70 bits per heavy atom. The average Bonchev–Trinajstić information content (AvgIpc) is 3.18. The van der Waals surface area contributed by atoms with Crippen molar-refractivity contribution in [3.8, 4) is 5.75 Å². The predicted octanol–water partition coefficient (Wildman–Crippen LogP) is 3.49. The van der Waals surface area contributed by atoms with Crippen molar-refractivity contribution in [3.63, 3.8) is 0 Å². The van der Waals surface area contributed by atoms with Crippen LogP contribution in [0.1, 0.15) is 15.9 Å². The standard InChI is InChI=1S/C20H19N7O2S/c1-11-6-5-9-14-16(11)24-20(30-14)25-17-15(21)18(23-10-22-17)26-27-19(28)12-7-3-4-8-13(12)29-2/h3-10H,21H2,1-2H3,(H,27,28)(H2,22,23,24,25,26). The summed E-state index contributed by atoms with van der Waals surface area (Å²) in [4.78, 5) is 25.3. The molecule has 0 aliphatic rings. The van der Waals surface area contributed by atoms with Crippen LogP contribution in [0.3, 0.4) is 0 Å². The quantitative estimate of drug-likeness (QED) is 0.349. The Hall–Kier alpha value is -3.92. The van der Waals surface area contributed by atoms with E-state index >= 15 is 0 Å². The molecular weight excluding hydrogens is 402 g/mol. The number of amides is 1. The third-order valence-electron chi connectivity index (χ3n) is 4.38. The minimum Gasteiger partial charge on any atom is -0.496 e. The van der Waals surface area contributed by atoms with Gasteiger partial charge in [0.1, 0.15) is 17.8 Å². The highest BCUT2D eigenvalue weighted by atomic mass is 32.1. The number of nitrogens with one attached hydrogen (secondary N) is 3. The highest BCUT2D eigenvalue weighted by molar-refractivity contribution is 7.22. The van der Waals surface area contributed by atoms with E-state index < -0.39 is 0 Å². The van der Waals surface area contributed by atoms with Crippen LogP contribution in [0.15, 0.2) is 48.8 Å². The molecule has 30 heavy (non-hydrogen) atoms. The van der Waals surface area contributed by atoms with Gasteiger partial charge in [-0.15, -0.1) is 0 Å². The summed E-state index contributed by atoms with van der Waals surface area (Å²) in [5, 5.41) is 3.79. The first-order chi connectivity index (χ1) is 14.6. The minimum absolute atomic E-state index is 0.244. The van der Waals surface area contributed by atoms with Crippen molar-refractivity contribution >= 4 is 49.9 Å². The van der Waals surface area contributed by atoms with Crippen LogP contribution < -0.4 is 26.6 Å². The van der Waals surface area contributed by atoms with Gasteiger partial charge in [0.25, 0.3) is 5.91 Å². The number of anilines is 4. The van der Waals surface area contributed by atoms with Gasteiger partial charge in [-0.2, -0.15) is 0 Å². The van der Waals surface area contributed by atoms with E-state index in [0.717, 1.165) is 15.8 Å². The molecule has 4 rings (SSSR count). The smallest absolute Gasteiger partial charge is 0.273 e. The van der Waals surface area contributed by atoms with Crippen LogP contribution in [0.2, 0.25) is 0 Å². The molecule has 0 saturated carbocycles. The van der Waals surface area contributed by atoms with Gasteiger partial charge >= 0.3 is 0 Å². The molecule has 0 atom stereocenters. The molecule has 0 radical (unpaired) electrons. The van der Waals surface area contributed by atoms with Crippen molar-refractivity contribution < 1.29 is 9.53 Å². The molecule has 9 nitrogen and oxygen atoms in total. The average molecular weight is 421 g/mol. The van der Waals surface area contributed by atoms with Crippen LogP contribution in [0.5, 0.6) is 5.75 Å². The summed E-state index contributed by atoms with van der Waals surface area (Å²) in [6.07, 6.45) is 1.34. The Kier molecular flexibility index (Phi) is 5.31. The van der Waals surface area contributed by atoms with Gasteiger partial charge in [-0.25, -0.2) is 15.0 Å². The van der Waals surface area contributed by atoms with E-state index in [1.807, 2.05) is 25.1 Å². The Labute approximate surface area is 176 Å². The number of nitrogens with zero attached hydrogens (tertiary/aromatic N) is 3. The fraction of sp³-hybridized carbons (Fsp3) is 0.100. The third-order valence-corrected chi connectivity index (χ3v) is 5.31. The molecule has 0 unspecified atom stereocenters. The summed E-state index contributed by atoms with van der Waals surface area (Å²) in [7, 11) is 1.50. The fourth-order valence-corrected chi connectivity index (χ4v) is 3.79. The minimum atomic E-state index is -0.387. The number of hydrogen-bond acceptors (Lipinski definition) is 9. The number of benzene rings is 2. The SMILES string of the molecule is COc1ccccc1C(=O)NNc1ncnc(Nc2nc3c(C)cccc3s2)c1N. The number of rotatable bonds is 6. The molecule has 4 aromatic rings. The molecular formula is C20H19N7O2S. The number of carbonyl (C=O) groups is 1. The van der Waals surface area contributed by atoms with Crippen LogP contribution in [-0.4, -0.2) is 28.0 Å². The lowest BCUT2D eigenvalue weighted by atomic mass is 10.2. The van der Waals surface area contributed by atoms with Crippen molar-refractivity contribution in [2.45, 2.75) is 6.92 Å². The maximum atomic E-state index is 12.5. The lowest BCUT2D eigenvalue weighted by Gasteiger charge is -2.13. The molecule has 0 fully saturated rings. The number of fused-ring (bicyclic) bond motifs is 1. The number of nitrogen functional groups attached to an aromatic ring is 1. The zero-order valence-corrected chi connectivity index (χ0v) is 17.1. The van der Waals surface area contributed by atoms with Crippen LogP contribution >= 0.6 is 11.3 Å². The van der Waals surface area contributed by atoms with Crippen molar-refractivity contribution in [1.29, 1.82) is 0 Å². The topological polar surface area (TPSA) is 127 Å². The molecule has 10 heteroatoms. The molecule has 2 heterocycles. The van der Waals surface area contributed by atoms with E-state index in [1.54, 1.807) is 24.3 Å². The number of ether oxygens (including phenoxy) is 1. The molecule has 0 spiro atoms. The van der Waals surface area contributed by atoms with E-state index in [4.69, 9.17) is 10.5 Å². The second-order valence-electron chi connectivity index (χ2n) is 6.33. The largest absolute Gasteiger partial charge is 0.496 e. The summed E-state index contributed by atoms with van der Waals surface area (Å²) in [6, 6.07) is 12.9. The lowest BCUT2D eigenvalue weighted by molar-refractivity contribution is 0.0959. The molecule has 1 amide bonds. The molecule has 2 aromatic heterocycles. The van der Waals surface area contributed by atoms with Gasteiger partial charge in [0.05, 0.1) is 22.9 Å². The first-order valence-corrected chi connectivity index (χ1v) is 9.81. The van der Waals surface area contributed by atoms with E-state index in [9.17, 15) is 4.79 Å². The predicted molar refractivity (Wildman–Crippen MR) is 118 cm³/mol. The molecule has 0 saturated heterocycles. The van der Waals surface area contributed by atoms with E-state index in [1.165, 1.54) is 24.8 Å². The molecule has 0 aliphatic carbocycles. The normalized spacial score (nSPS) is 10.6. The van der Waals surface area contributed by atoms with Crippen molar-refractivity contribution in [3.05, 3.63) is 59.9 Å². The number of para-hydroxylation sites is 2. The van der Waals surface area contributed by atoms with Gasteiger partial charge < -0.3 is 15.8 Å². The van der Waals surface area contributed by atoms with Crippen LogP contribution in [0.25, 0.3) is 10.2 Å². The monoisotopic (exact) mass is 421 g/mol. The Balaban J connectivity index is 1.51. The fourth-order valence-electron chi connectivity index (χ4n) is 2.85. The Morgan fingerprint density at radius 1 is 1.10 bits per heavy atom. The van der Waals surface area contributed by atoms with Crippen LogP contribution in [-0.2, 0) is 0 Å². The van der Waals surface area contributed by atoms with Gasteiger partial charge in [-0.1, -0.05) is 35.6 Å². The third kappa shape index (κ3) is 3.80. The van der Waals surface area contributed by atoms with Crippen LogP contribution in [0.4, 0.5) is 22.5 Å². The maximum absolute atomic E-state index is 12.5. The maximum Gasteiger partial charge on any atom is 0.273 e. The molecule has 152 valence electrons. The van der Waals surface area contributed by atoms with Crippen LogP contribution in [0, 0.1) is 6.92 Å². The number of aromatic nitrogens is 3. The van der Waals surface area contributed by atoms with Gasteiger partial charge in [0.15, 0.2) is 16.8 Å². The number of methoxy groups -OCH3 is 1. The number of aryl methyl sites for hydroxylation is 1. The van der Waals surface area contributed by atoms with Gasteiger partial charge in [-0.3, -0.25) is 15.6 Å².